The molecule has 15 heavy (non-hydrogen) atoms. The zero-order valence-electron chi connectivity index (χ0n) is 9.58. The number of ether oxygens (including phenoxy) is 1. The number of amides is 1. The van der Waals surface area contributed by atoms with Gasteiger partial charge < -0.3 is 15.2 Å². The summed E-state index contributed by atoms with van der Waals surface area (Å²) in [5.74, 6) is -0.244. The molecule has 4 heteroatoms. The van der Waals surface area contributed by atoms with Crippen molar-refractivity contribution < 1.29 is 14.6 Å². The molecule has 0 bridgehead atoms. The van der Waals surface area contributed by atoms with E-state index in [2.05, 4.69) is 11.9 Å². The molecule has 4 nitrogen and oxygen atoms in total. The molecule has 0 aliphatic carbocycles. The molecule has 0 saturated carbocycles. The van der Waals surface area contributed by atoms with E-state index in [1.807, 2.05) is 13.8 Å². The largest absolute Gasteiger partial charge is 0.396 e. The number of aliphatic hydroxyl groups is 1. The lowest BCUT2D eigenvalue weighted by Gasteiger charge is -2.17. The Bertz CT molecular complexity index is 204. The third-order valence-electron chi connectivity index (χ3n) is 1.92. The molecule has 0 saturated heterocycles. The molecule has 0 aromatic rings. The zero-order valence-corrected chi connectivity index (χ0v) is 9.58. The molecule has 1 atom stereocenters. The van der Waals surface area contributed by atoms with Crippen LogP contribution in [0.25, 0.3) is 0 Å². The minimum absolute atomic E-state index is 0.0567. The van der Waals surface area contributed by atoms with Gasteiger partial charge >= 0.3 is 0 Å². The first kappa shape index (κ1) is 14.1. The smallest absolute Gasteiger partial charge is 0.248 e. The number of hydrogen-bond acceptors (Lipinski definition) is 3. The Morgan fingerprint density at radius 1 is 1.53 bits per heavy atom. The van der Waals surface area contributed by atoms with Crippen molar-refractivity contribution in [2.45, 2.75) is 39.3 Å². The van der Waals surface area contributed by atoms with E-state index in [0.717, 1.165) is 12.8 Å². The third kappa shape index (κ3) is 6.25. The first-order valence-corrected chi connectivity index (χ1v) is 5.36. The standard InChI is InChI=1S/C11H21NO3/c1-4-8-15-10(5-2)12-11(14)9(3)6-7-13/h10,13H,3-8H2,1-2H3,(H,12,14). The summed E-state index contributed by atoms with van der Waals surface area (Å²) in [4.78, 5) is 11.5. The van der Waals surface area contributed by atoms with Crippen molar-refractivity contribution in [1.82, 2.24) is 5.32 Å². The fourth-order valence-corrected chi connectivity index (χ4v) is 1.02. The second kappa shape index (κ2) is 8.44. The maximum atomic E-state index is 11.5. The Kier molecular flexibility index (Phi) is 7.95. The van der Waals surface area contributed by atoms with Crippen LogP contribution < -0.4 is 5.32 Å². The molecule has 0 aliphatic rings. The number of carbonyl (C=O) groups excluding carboxylic acids is 1. The topological polar surface area (TPSA) is 58.6 Å². The molecule has 0 aromatic carbocycles. The van der Waals surface area contributed by atoms with Crippen LogP contribution in [0.4, 0.5) is 0 Å². The van der Waals surface area contributed by atoms with Crippen LogP contribution in [0.15, 0.2) is 12.2 Å². The van der Waals surface area contributed by atoms with E-state index < -0.39 is 0 Å². The van der Waals surface area contributed by atoms with Gasteiger partial charge in [-0.2, -0.15) is 0 Å². The van der Waals surface area contributed by atoms with E-state index in [9.17, 15) is 4.79 Å². The van der Waals surface area contributed by atoms with Crippen molar-refractivity contribution in [3.8, 4) is 0 Å². The molecule has 88 valence electrons. The fourth-order valence-electron chi connectivity index (χ4n) is 1.02. The predicted molar refractivity (Wildman–Crippen MR) is 59.3 cm³/mol. The number of hydrogen-bond donors (Lipinski definition) is 2. The normalized spacial score (nSPS) is 12.2. The Morgan fingerprint density at radius 3 is 2.67 bits per heavy atom. The van der Waals surface area contributed by atoms with E-state index in [0.29, 0.717) is 18.6 Å². The second-order valence-electron chi connectivity index (χ2n) is 3.32. The van der Waals surface area contributed by atoms with Gasteiger partial charge in [-0.25, -0.2) is 0 Å². The highest BCUT2D eigenvalue weighted by molar-refractivity contribution is 5.92. The lowest BCUT2D eigenvalue weighted by Crippen LogP contribution is -2.37. The maximum absolute atomic E-state index is 11.5. The van der Waals surface area contributed by atoms with E-state index in [4.69, 9.17) is 9.84 Å². The molecule has 1 unspecified atom stereocenters. The molecule has 2 N–H and O–H groups in total. The van der Waals surface area contributed by atoms with Crippen LogP contribution in [0.3, 0.4) is 0 Å². The number of rotatable bonds is 8. The number of carbonyl (C=O) groups is 1. The Morgan fingerprint density at radius 2 is 2.20 bits per heavy atom. The lowest BCUT2D eigenvalue weighted by molar-refractivity contribution is -0.122. The molecule has 0 fully saturated rings. The molecule has 0 heterocycles. The van der Waals surface area contributed by atoms with Gasteiger partial charge in [0.15, 0.2) is 0 Å². The van der Waals surface area contributed by atoms with Crippen molar-refractivity contribution in [3.63, 3.8) is 0 Å². The number of nitrogens with one attached hydrogen (secondary N) is 1. The average Bonchev–Trinajstić information content (AvgIpc) is 2.24. The highest BCUT2D eigenvalue weighted by Crippen LogP contribution is 2.00. The van der Waals surface area contributed by atoms with Crippen molar-refractivity contribution in [2.75, 3.05) is 13.2 Å². The first-order valence-electron chi connectivity index (χ1n) is 5.36. The number of aliphatic hydroxyl groups excluding tert-OH is 1. The van der Waals surface area contributed by atoms with Crippen molar-refractivity contribution >= 4 is 5.91 Å². The van der Waals surface area contributed by atoms with E-state index in [-0.39, 0.29) is 18.7 Å². The summed E-state index contributed by atoms with van der Waals surface area (Å²) >= 11 is 0. The summed E-state index contributed by atoms with van der Waals surface area (Å²) in [6.45, 7) is 8.11. The summed E-state index contributed by atoms with van der Waals surface area (Å²) in [6, 6.07) is 0. The van der Waals surface area contributed by atoms with Crippen molar-refractivity contribution in [2.24, 2.45) is 0 Å². The minimum Gasteiger partial charge on any atom is -0.396 e. The quantitative estimate of drug-likeness (QED) is 0.472. The molecule has 0 radical (unpaired) electrons. The summed E-state index contributed by atoms with van der Waals surface area (Å²) in [5.41, 5.74) is 0.385. The summed E-state index contributed by atoms with van der Waals surface area (Å²) in [7, 11) is 0. The van der Waals surface area contributed by atoms with E-state index in [1.54, 1.807) is 0 Å². The van der Waals surface area contributed by atoms with Gasteiger partial charge in [-0.15, -0.1) is 0 Å². The fraction of sp³-hybridized carbons (Fsp3) is 0.727. The summed E-state index contributed by atoms with van der Waals surface area (Å²) < 4.78 is 5.40. The predicted octanol–water partition coefficient (Wildman–Crippen LogP) is 1.20. The summed E-state index contributed by atoms with van der Waals surface area (Å²) in [6.07, 6.45) is 1.69. The first-order chi connectivity index (χ1) is 7.15. The Balaban J connectivity index is 3.94. The van der Waals surface area contributed by atoms with Gasteiger partial charge in [0.25, 0.3) is 0 Å². The van der Waals surface area contributed by atoms with Crippen LogP contribution in [-0.2, 0) is 9.53 Å². The molecular weight excluding hydrogens is 194 g/mol. The molecular formula is C11H21NO3. The summed E-state index contributed by atoms with van der Waals surface area (Å²) in [5, 5.41) is 11.4. The van der Waals surface area contributed by atoms with Gasteiger partial charge in [-0.05, 0) is 12.8 Å². The van der Waals surface area contributed by atoms with Crippen LogP contribution in [0.5, 0.6) is 0 Å². The molecule has 0 aromatic heterocycles. The van der Waals surface area contributed by atoms with Gasteiger partial charge in [-0.1, -0.05) is 20.4 Å². The molecule has 0 rings (SSSR count). The minimum atomic E-state index is -0.257. The third-order valence-corrected chi connectivity index (χ3v) is 1.92. The van der Waals surface area contributed by atoms with E-state index in [1.165, 1.54) is 0 Å². The molecule has 0 spiro atoms. The van der Waals surface area contributed by atoms with Crippen LogP contribution in [0.2, 0.25) is 0 Å². The van der Waals surface area contributed by atoms with Crippen LogP contribution in [0, 0.1) is 0 Å². The van der Waals surface area contributed by atoms with Crippen LogP contribution in [0.1, 0.15) is 33.1 Å². The average molecular weight is 215 g/mol. The highest BCUT2D eigenvalue weighted by atomic mass is 16.5. The Labute approximate surface area is 91.3 Å². The van der Waals surface area contributed by atoms with Crippen LogP contribution >= 0.6 is 0 Å². The highest BCUT2D eigenvalue weighted by Gasteiger charge is 2.12. The van der Waals surface area contributed by atoms with Gasteiger partial charge in [0.2, 0.25) is 5.91 Å². The van der Waals surface area contributed by atoms with Gasteiger partial charge in [0.1, 0.15) is 6.23 Å². The maximum Gasteiger partial charge on any atom is 0.248 e. The zero-order chi connectivity index (χ0) is 11.7. The Hall–Kier alpha value is -0.870. The van der Waals surface area contributed by atoms with Gasteiger partial charge in [0, 0.05) is 25.2 Å². The van der Waals surface area contributed by atoms with Gasteiger partial charge in [-0.3, -0.25) is 4.79 Å². The van der Waals surface area contributed by atoms with Gasteiger partial charge in [0.05, 0.1) is 0 Å². The SMILES string of the molecule is C=C(CCO)C(=O)NC(CC)OCCC. The van der Waals surface area contributed by atoms with Crippen molar-refractivity contribution in [1.29, 1.82) is 0 Å². The monoisotopic (exact) mass is 215 g/mol. The lowest BCUT2D eigenvalue weighted by atomic mass is 10.2. The van der Waals surface area contributed by atoms with Crippen molar-refractivity contribution in [3.05, 3.63) is 12.2 Å². The second-order valence-corrected chi connectivity index (χ2v) is 3.32. The molecule has 1 amide bonds. The molecule has 0 aliphatic heterocycles. The van der Waals surface area contributed by atoms with Crippen LogP contribution in [-0.4, -0.2) is 30.5 Å². The van der Waals surface area contributed by atoms with E-state index >= 15 is 0 Å².